The molecule has 0 aromatic heterocycles. The highest BCUT2D eigenvalue weighted by atomic mass is 35.5. The van der Waals surface area contributed by atoms with E-state index in [1.807, 2.05) is 30.3 Å². The van der Waals surface area contributed by atoms with Crippen molar-refractivity contribution in [2.45, 2.75) is 12.8 Å². The summed E-state index contributed by atoms with van der Waals surface area (Å²) in [4.78, 5) is 12.1. The molecular formula is C16H14ClNO2. The Kier molecular flexibility index (Phi) is 3.61. The van der Waals surface area contributed by atoms with Gasteiger partial charge in [-0.3, -0.25) is 4.79 Å². The molecule has 0 radical (unpaired) electrons. The number of amides is 1. The number of anilines is 1. The van der Waals surface area contributed by atoms with Crippen LogP contribution in [-0.4, -0.2) is 12.5 Å². The third kappa shape index (κ3) is 2.78. The summed E-state index contributed by atoms with van der Waals surface area (Å²) in [6, 6.07) is 13.1. The highest BCUT2D eigenvalue weighted by Gasteiger charge is 2.17. The Hall–Kier alpha value is -2.00. The number of para-hydroxylation sites is 1. The highest BCUT2D eigenvalue weighted by molar-refractivity contribution is 6.30. The van der Waals surface area contributed by atoms with Gasteiger partial charge in [-0.1, -0.05) is 35.9 Å². The maximum Gasteiger partial charge on any atom is 0.228 e. The fourth-order valence-corrected chi connectivity index (χ4v) is 2.42. The van der Waals surface area contributed by atoms with Crippen LogP contribution in [0.15, 0.2) is 42.5 Å². The second-order valence-electron chi connectivity index (χ2n) is 4.74. The number of carbonyl (C=O) groups excluding carboxylic acids is 1. The van der Waals surface area contributed by atoms with Crippen LogP contribution in [0.4, 0.5) is 5.69 Å². The first-order valence-electron chi connectivity index (χ1n) is 6.51. The number of fused-ring (bicyclic) bond motifs is 1. The lowest BCUT2D eigenvalue weighted by atomic mass is 10.1. The largest absolute Gasteiger partial charge is 0.491 e. The van der Waals surface area contributed by atoms with Crippen LogP contribution >= 0.6 is 11.6 Å². The zero-order valence-electron chi connectivity index (χ0n) is 10.9. The van der Waals surface area contributed by atoms with E-state index in [2.05, 4.69) is 5.32 Å². The first kappa shape index (κ1) is 13.0. The van der Waals surface area contributed by atoms with E-state index in [1.54, 1.807) is 12.1 Å². The second kappa shape index (κ2) is 5.55. The summed E-state index contributed by atoms with van der Waals surface area (Å²) in [5.74, 6) is 0.744. The average Bonchev–Trinajstić information content (AvgIpc) is 2.91. The lowest BCUT2D eigenvalue weighted by Crippen LogP contribution is -2.14. The maximum atomic E-state index is 12.1. The Balaban J connectivity index is 1.70. The second-order valence-corrected chi connectivity index (χ2v) is 5.18. The van der Waals surface area contributed by atoms with Gasteiger partial charge in [0, 0.05) is 11.4 Å². The molecule has 4 heteroatoms. The van der Waals surface area contributed by atoms with Crippen molar-refractivity contribution in [3.05, 3.63) is 58.6 Å². The van der Waals surface area contributed by atoms with Crippen molar-refractivity contribution >= 4 is 23.2 Å². The first-order chi connectivity index (χ1) is 9.72. The van der Waals surface area contributed by atoms with E-state index in [0.29, 0.717) is 18.1 Å². The lowest BCUT2D eigenvalue weighted by molar-refractivity contribution is -0.115. The van der Waals surface area contributed by atoms with Crippen molar-refractivity contribution in [1.29, 1.82) is 0 Å². The summed E-state index contributed by atoms with van der Waals surface area (Å²) in [6.07, 6.45) is 1.22. The van der Waals surface area contributed by atoms with Crippen LogP contribution in [-0.2, 0) is 17.6 Å². The van der Waals surface area contributed by atoms with Gasteiger partial charge in [0.1, 0.15) is 5.75 Å². The molecule has 1 heterocycles. The van der Waals surface area contributed by atoms with E-state index in [-0.39, 0.29) is 5.91 Å². The predicted octanol–water partition coefficient (Wildman–Crippen LogP) is 3.46. The number of halogens is 1. The molecule has 20 heavy (non-hydrogen) atoms. The average molecular weight is 288 g/mol. The molecule has 0 atom stereocenters. The molecule has 102 valence electrons. The molecule has 3 rings (SSSR count). The molecule has 0 aliphatic carbocycles. The van der Waals surface area contributed by atoms with Crippen molar-refractivity contribution in [1.82, 2.24) is 0 Å². The fraction of sp³-hybridized carbons (Fsp3) is 0.188. The Morgan fingerprint density at radius 3 is 2.80 bits per heavy atom. The molecule has 2 aromatic rings. The van der Waals surface area contributed by atoms with Crippen LogP contribution in [0.25, 0.3) is 0 Å². The van der Waals surface area contributed by atoms with Gasteiger partial charge in [0.05, 0.1) is 18.7 Å². The van der Waals surface area contributed by atoms with E-state index < -0.39 is 0 Å². The predicted molar refractivity (Wildman–Crippen MR) is 79.4 cm³/mol. The summed E-state index contributed by atoms with van der Waals surface area (Å²) in [6.45, 7) is 0.680. The molecule has 1 amide bonds. The molecule has 1 aliphatic heterocycles. The van der Waals surface area contributed by atoms with Crippen LogP contribution < -0.4 is 10.1 Å². The third-order valence-electron chi connectivity index (χ3n) is 3.27. The number of benzene rings is 2. The number of rotatable bonds is 3. The SMILES string of the molecule is O=C(Cc1ccc(Cl)cc1)Nc1cccc2c1OCC2. The lowest BCUT2D eigenvalue weighted by Gasteiger charge is -2.09. The molecule has 2 aromatic carbocycles. The van der Waals surface area contributed by atoms with Crippen molar-refractivity contribution in [2.24, 2.45) is 0 Å². The maximum absolute atomic E-state index is 12.1. The van der Waals surface area contributed by atoms with Crippen molar-refractivity contribution in [3.8, 4) is 5.75 Å². The van der Waals surface area contributed by atoms with Crippen LogP contribution in [0.5, 0.6) is 5.75 Å². The normalized spacial score (nSPS) is 12.7. The summed E-state index contributed by atoms with van der Waals surface area (Å²) in [5, 5.41) is 3.58. The summed E-state index contributed by atoms with van der Waals surface area (Å²) in [7, 11) is 0. The van der Waals surface area contributed by atoms with Gasteiger partial charge in [0.2, 0.25) is 5.91 Å². The Bertz CT molecular complexity index is 637. The monoisotopic (exact) mass is 287 g/mol. The molecular weight excluding hydrogens is 274 g/mol. The van der Waals surface area contributed by atoms with Gasteiger partial charge in [-0.2, -0.15) is 0 Å². The number of nitrogens with one attached hydrogen (secondary N) is 1. The van der Waals surface area contributed by atoms with Gasteiger partial charge in [-0.25, -0.2) is 0 Å². The Morgan fingerprint density at radius 1 is 1.20 bits per heavy atom. The van der Waals surface area contributed by atoms with Crippen molar-refractivity contribution in [2.75, 3.05) is 11.9 Å². The van der Waals surface area contributed by atoms with Crippen LogP contribution in [0.3, 0.4) is 0 Å². The third-order valence-corrected chi connectivity index (χ3v) is 3.52. The molecule has 0 unspecified atom stereocenters. The molecule has 0 spiro atoms. The van der Waals surface area contributed by atoms with Crippen molar-refractivity contribution < 1.29 is 9.53 Å². The van der Waals surface area contributed by atoms with Gasteiger partial charge in [-0.05, 0) is 29.3 Å². The highest BCUT2D eigenvalue weighted by Crippen LogP contribution is 2.33. The molecule has 0 saturated carbocycles. The van der Waals surface area contributed by atoms with Crippen LogP contribution in [0.1, 0.15) is 11.1 Å². The smallest absolute Gasteiger partial charge is 0.228 e. The van der Waals surface area contributed by atoms with Gasteiger partial charge in [0.15, 0.2) is 0 Å². The summed E-state index contributed by atoms with van der Waals surface area (Å²) < 4.78 is 5.56. The molecule has 0 bridgehead atoms. The number of carbonyl (C=O) groups is 1. The van der Waals surface area contributed by atoms with E-state index >= 15 is 0 Å². The van der Waals surface area contributed by atoms with E-state index in [1.165, 1.54) is 0 Å². The number of hydrogen-bond acceptors (Lipinski definition) is 2. The number of hydrogen-bond donors (Lipinski definition) is 1. The standard InChI is InChI=1S/C16H14ClNO2/c17-13-6-4-11(5-7-13)10-15(19)18-14-3-1-2-12-8-9-20-16(12)14/h1-7H,8-10H2,(H,18,19). The van der Waals surface area contributed by atoms with Gasteiger partial charge >= 0.3 is 0 Å². The molecule has 1 N–H and O–H groups in total. The van der Waals surface area contributed by atoms with E-state index in [4.69, 9.17) is 16.3 Å². The van der Waals surface area contributed by atoms with Gasteiger partial charge < -0.3 is 10.1 Å². The number of ether oxygens (including phenoxy) is 1. The Labute approximate surface area is 122 Å². The molecule has 3 nitrogen and oxygen atoms in total. The zero-order chi connectivity index (χ0) is 13.9. The minimum absolute atomic E-state index is 0.0591. The molecule has 0 saturated heterocycles. The molecule has 0 fully saturated rings. The quantitative estimate of drug-likeness (QED) is 0.939. The molecule has 1 aliphatic rings. The first-order valence-corrected chi connectivity index (χ1v) is 6.89. The van der Waals surface area contributed by atoms with Crippen LogP contribution in [0, 0.1) is 0 Å². The fourth-order valence-electron chi connectivity index (χ4n) is 2.30. The minimum Gasteiger partial charge on any atom is -0.491 e. The Morgan fingerprint density at radius 2 is 2.00 bits per heavy atom. The van der Waals surface area contributed by atoms with Crippen LogP contribution in [0.2, 0.25) is 5.02 Å². The summed E-state index contributed by atoms with van der Waals surface area (Å²) >= 11 is 5.82. The van der Waals surface area contributed by atoms with Crippen molar-refractivity contribution in [3.63, 3.8) is 0 Å². The summed E-state index contributed by atoms with van der Waals surface area (Å²) in [5.41, 5.74) is 2.83. The minimum atomic E-state index is -0.0591. The topological polar surface area (TPSA) is 38.3 Å². The van der Waals surface area contributed by atoms with E-state index in [0.717, 1.165) is 29.0 Å². The zero-order valence-corrected chi connectivity index (χ0v) is 11.6. The van der Waals surface area contributed by atoms with Gasteiger partial charge in [0.25, 0.3) is 0 Å². The van der Waals surface area contributed by atoms with E-state index in [9.17, 15) is 4.79 Å². The van der Waals surface area contributed by atoms with Gasteiger partial charge in [-0.15, -0.1) is 0 Å².